The Morgan fingerprint density at radius 2 is 0.707 bits per heavy atom. The molecule has 69 nitrogen and oxygen atoms in total. The molecule has 0 aliphatic carbocycles. The van der Waals surface area contributed by atoms with E-state index in [1.807, 2.05) is 0 Å². The lowest BCUT2D eigenvalue weighted by Crippen LogP contribution is -2.71. The summed E-state index contributed by atoms with van der Waals surface area (Å²) < 4.78 is 151. The number of ether oxygens (including phenoxy) is 22. The molecule has 854 valence electrons. The van der Waals surface area contributed by atoms with E-state index >= 15 is 0 Å². The van der Waals surface area contributed by atoms with Crippen molar-refractivity contribution in [3.63, 3.8) is 0 Å². The van der Waals surface area contributed by atoms with Gasteiger partial charge in [0, 0.05) is 19.3 Å². The molecular formula is C77H129N2O67P. The zero-order chi connectivity index (χ0) is 109. The third kappa shape index (κ3) is 25.8. The first-order valence-corrected chi connectivity index (χ1v) is 47.2. The molecule has 0 aromatic carbocycles. The number of carboxylic acid groups (broad SMARTS) is 3. The minimum Gasteiger partial charge on any atom is -0.477 e. The smallest absolute Gasteiger partial charge is 0.474 e. The maximum absolute atomic E-state index is 14.2. The fraction of sp³-hybridized carbons (Fsp3) is 0.961. The number of hydrogen-bond acceptors (Lipinski definition) is 65. The molecule has 12 fully saturated rings. The minimum absolute atomic E-state index is 0.547. The van der Waals surface area contributed by atoms with Crippen LogP contribution in [-0.4, -0.2) is 657 Å². The second-order valence-electron chi connectivity index (χ2n) is 36.8. The van der Waals surface area contributed by atoms with E-state index in [4.69, 9.17) is 125 Å². The topological polar surface area (TPSA) is 1130 Å². The summed E-state index contributed by atoms with van der Waals surface area (Å²) in [5.41, 5.74) is 11.9. The largest absolute Gasteiger partial charge is 0.477 e. The lowest BCUT2D eigenvalue weighted by molar-refractivity contribution is -0.423. The van der Waals surface area contributed by atoms with Crippen LogP contribution in [0.3, 0.4) is 0 Å². The van der Waals surface area contributed by atoms with Gasteiger partial charge in [-0.25, -0.2) is 18.9 Å². The third-order valence-corrected chi connectivity index (χ3v) is 27.8. The minimum atomic E-state index is -5.53. The van der Waals surface area contributed by atoms with Gasteiger partial charge >= 0.3 is 25.7 Å². The fourth-order valence-corrected chi connectivity index (χ4v) is 19.3. The Balaban J connectivity index is 0.914. The van der Waals surface area contributed by atoms with Crippen molar-refractivity contribution in [3.05, 3.63) is 0 Å². The zero-order valence-corrected chi connectivity index (χ0v) is 77.3. The van der Waals surface area contributed by atoms with Crippen LogP contribution in [0.4, 0.5) is 0 Å². The predicted octanol–water partition coefficient (Wildman–Crippen LogP) is -26.9. The van der Waals surface area contributed by atoms with Gasteiger partial charge in [-0.2, -0.15) is 0 Å². The Labute approximate surface area is 825 Å². The van der Waals surface area contributed by atoms with Gasteiger partial charge in [0.2, 0.25) is 0 Å². The average Bonchev–Trinajstić information content (AvgIpc) is 0.743. The van der Waals surface area contributed by atoms with Crippen molar-refractivity contribution in [2.75, 3.05) is 79.3 Å². The first-order valence-electron chi connectivity index (χ1n) is 45.7. The summed E-state index contributed by atoms with van der Waals surface area (Å²) in [4.78, 5) is 52.2. The van der Waals surface area contributed by atoms with Crippen molar-refractivity contribution in [1.29, 1.82) is 0 Å². The van der Waals surface area contributed by atoms with Gasteiger partial charge in [-0.15, -0.1) is 0 Å². The van der Waals surface area contributed by atoms with Gasteiger partial charge in [0.05, 0.1) is 110 Å². The molecule has 60 atom stereocenters. The van der Waals surface area contributed by atoms with E-state index in [0.29, 0.717) is 0 Å². The lowest BCUT2D eigenvalue weighted by atomic mass is 9.89. The molecule has 147 heavy (non-hydrogen) atoms. The van der Waals surface area contributed by atoms with Crippen molar-refractivity contribution in [2.24, 2.45) is 11.5 Å². The monoisotopic (exact) mass is 2180 g/mol. The van der Waals surface area contributed by atoms with Crippen LogP contribution in [0, 0.1) is 0 Å². The second kappa shape index (κ2) is 50.8. The van der Waals surface area contributed by atoms with Gasteiger partial charge in [-0.05, 0) is 0 Å². The molecule has 0 aromatic heterocycles. The number of nitrogens with two attached hydrogens (primary N) is 2. The highest BCUT2D eigenvalue weighted by atomic mass is 31.2. The molecule has 1 unspecified atom stereocenters. The van der Waals surface area contributed by atoms with E-state index in [9.17, 15) is 218 Å². The van der Waals surface area contributed by atoms with Crippen LogP contribution in [0.5, 0.6) is 0 Å². The molecule has 12 heterocycles. The zero-order valence-electron chi connectivity index (χ0n) is 76.4. The van der Waals surface area contributed by atoms with Crippen molar-refractivity contribution in [3.8, 4) is 0 Å². The van der Waals surface area contributed by atoms with Crippen LogP contribution < -0.4 is 11.5 Å². The van der Waals surface area contributed by atoms with Crippen molar-refractivity contribution in [1.82, 2.24) is 0 Å². The van der Waals surface area contributed by atoms with E-state index in [-0.39, 0.29) is 0 Å². The summed E-state index contributed by atoms with van der Waals surface area (Å²) in [7, 11) is -5.53. The highest BCUT2D eigenvalue weighted by Gasteiger charge is 2.68. The van der Waals surface area contributed by atoms with Gasteiger partial charge in [-0.3, -0.25) is 9.05 Å². The molecule has 0 spiro atoms. The number of phosphoric acid groups is 1. The Bertz CT molecular complexity index is 4180. The standard InChI is InChI=1S/C77H129N2O67P/c78-16-13-123-65(47(108)32(16)93)146-147(121,122)125-15-30-37(98)42(103)31(79)63(133-30)126-21-3-77(74(118)119,144-54(38(21)99)19(91)5-81)141-22-2-75(120,72(114)115)142-55(20(92)6-82)57(22)136-68-50(111)46(107)56(28(12-88)132-68)135-71-62(140-69-52(113)59(40(101)27(11-87)130-69)138-70-61(45(106)36(97)25(9-85)131-70)139-67-49(110)44(105)35(96)24(8-84)129-67)60(145-76(73(116)117)1-17(89)33(94)53(143-76)18(90)4-80)41(102)29(134-71)14-124-64-51(112)58(39(100)26(10-86)127-64)137-66-48(109)43(104)34(95)23(7-83)128-66/h16-71,80-113,120H,1-15,78-79H2,(H,114,115)(H,116,117)(H,118,119)(H,121,122)/t16-,17+,18+,19+,20+,21+,22+,23+,24+,25+,26+,27+,28+,29+,30+,31+,32-,33+,34+,35+,36+,37+,38+,39+,40-,41+,42+,43-,44-,45-,46+,47+,48+,49+,50-,51-,52+,53+,54+,55+,56+,57+,58-,59-,60-,61+,62-,63-,64-,65+,66+,67+,68+,69+,70+,71+,75+,76-,77+/m0/s1. The number of hydrogen-bond donors (Lipinski definition) is 41. The first kappa shape index (κ1) is 122. The molecule has 12 aliphatic heterocycles. The molecule has 0 saturated carbocycles. The van der Waals surface area contributed by atoms with Crippen molar-refractivity contribution < 1.29 is 331 Å². The number of aliphatic carboxylic acids is 3. The molecule has 0 amide bonds. The second-order valence-corrected chi connectivity index (χ2v) is 38.2. The number of aliphatic hydroxyl groups is 35. The summed E-state index contributed by atoms with van der Waals surface area (Å²) in [6.07, 6.45) is -137. The maximum atomic E-state index is 14.2. The Hall–Kier alpha value is -3.84. The lowest BCUT2D eigenvalue weighted by Gasteiger charge is -2.53. The average molecular weight is 2190 g/mol. The molecule has 12 aliphatic rings. The molecule has 70 heteroatoms. The highest BCUT2D eigenvalue weighted by molar-refractivity contribution is 7.47. The maximum Gasteiger partial charge on any atom is 0.474 e. The van der Waals surface area contributed by atoms with Crippen molar-refractivity contribution in [2.45, 2.75) is 380 Å². The van der Waals surface area contributed by atoms with E-state index in [1.54, 1.807) is 0 Å². The normalized spacial score (nSPS) is 50.3. The molecule has 43 N–H and O–H groups in total. The van der Waals surface area contributed by atoms with Gasteiger partial charge in [0.1, 0.15) is 256 Å². The van der Waals surface area contributed by atoms with E-state index in [0.717, 1.165) is 0 Å². The van der Waals surface area contributed by atoms with Crippen LogP contribution in [0.1, 0.15) is 19.3 Å². The summed E-state index contributed by atoms with van der Waals surface area (Å²) in [6, 6.07) is -3.29. The number of rotatable bonds is 41. The summed E-state index contributed by atoms with van der Waals surface area (Å²) in [5, 5.41) is 426. The number of aliphatic hydroxyl groups excluding tert-OH is 34. The van der Waals surface area contributed by atoms with Crippen molar-refractivity contribution >= 4 is 25.7 Å². The molecule has 0 bridgehead atoms. The van der Waals surface area contributed by atoms with Crippen LogP contribution in [0.15, 0.2) is 0 Å². The third-order valence-electron chi connectivity index (χ3n) is 26.9. The van der Waals surface area contributed by atoms with E-state index < -0.39 is 485 Å². The Kier molecular flexibility index (Phi) is 42.1. The van der Waals surface area contributed by atoms with Crippen LogP contribution in [-0.2, 0) is 132 Å². The number of carbonyl (C=O) groups is 3. The van der Waals surface area contributed by atoms with Crippen LogP contribution in [0.25, 0.3) is 0 Å². The molecule has 12 saturated heterocycles. The summed E-state index contributed by atoms with van der Waals surface area (Å²) in [5.74, 6) is -18.7. The number of phosphoric ester groups is 1. The molecule has 0 radical (unpaired) electrons. The van der Waals surface area contributed by atoms with Gasteiger partial charge in [-0.1, -0.05) is 0 Å². The molecular weight excluding hydrogens is 2060 g/mol. The predicted molar refractivity (Wildman–Crippen MR) is 437 cm³/mol. The quantitative estimate of drug-likeness (QED) is 0.0253. The first-order chi connectivity index (χ1) is 69.1. The fourth-order valence-electron chi connectivity index (χ4n) is 18.4. The number of carboxylic acids is 3. The van der Waals surface area contributed by atoms with Gasteiger partial charge in [0.15, 0.2) is 56.6 Å². The van der Waals surface area contributed by atoms with Gasteiger partial charge < -0.3 is 315 Å². The summed E-state index contributed by atoms with van der Waals surface area (Å²) in [6.45, 7) is -15.8. The Morgan fingerprint density at radius 3 is 1.22 bits per heavy atom. The summed E-state index contributed by atoms with van der Waals surface area (Å²) >= 11 is 0. The molecule has 0 aromatic rings. The molecule has 12 rings (SSSR count). The van der Waals surface area contributed by atoms with Crippen LogP contribution >= 0.6 is 7.82 Å². The van der Waals surface area contributed by atoms with Crippen LogP contribution in [0.2, 0.25) is 0 Å². The Morgan fingerprint density at radius 1 is 0.327 bits per heavy atom. The van der Waals surface area contributed by atoms with E-state index in [2.05, 4.69) is 0 Å². The van der Waals surface area contributed by atoms with E-state index in [1.165, 1.54) is 0 Å². The highest BCUT2D eigenvalue weighted by Crippen LogP contribution is 2.50. The SMILES string of the molecule is N[C@H]1[C@@H](O[C@@H]2C[C@](O[C@@H]3C[C@](O)(C(=O)O)O[C@H]([C@H](O)CO)[C@@H]3O[C@H]3O[C@H](CO)[C@@H](O[C@H]4O[C@H](CO[C@H]5O[C@H](CO)[C@@H](O)[C@H](O[C@H]6O[C@H](CO)[C@@H](O)[C@H](O)[C@H]6O)[C@@H]5O)[C@@H](O)[C@H](O[C@]5(C(=O)O)C[C@@H](O)[C@@H](O)[C@@H]([C@H](O)CO)O5)[C@@H]4O[C@H]4O[C@H](CO)[C@H](O)[C@H](O[C@H]5O[C@H](CO)[C@@H](O)[C@H](O)[C@H]5O[C@H]5O[C@H](CO)[C@@H](O)[C@H](O)[C@H]5O)[C@H]4O)[C@H](O)[C@@H]3O)(C(=O)O)O[C@H]([C@H](O)CO)[C@@H]2O)O[C@H](COP(=O)(O)O[C@H]2OC[C@H](N)[C@H](O)[C@H]2O)[C@@H](O)[C@@H]1O. The van der Waals surface area contributed by atoms with Gasteiger partial charge in [0.25, 0.3) is 17.4 Å².